The van der Waals surface area contributed by atoms with Crippen LogP contribution in [0.2, 0.25) is 0 Å². The molecular formula is C28H31NO2S. The van der Waals surface area contributed by atoms with E-state index in [0.717, 1.165) is 35.0 Å². The Morgan fingerprint density at radius 3 is 2.31 bits per heavy atom. The van der Waals surface area contributed by atoms with Crippen molar-refractivity contribution in [2.75, 3.05) is 31.0 Å². The van der Waals surface area contributed by atoms with Gasteiger partial charge in [-0.25, -0.2) is 0 Å². The predicted molar refractivity (Wildman–Crippen MR) is 138 cm³/mol. The molecule has 4 heteroatoms. The summed E-state index contributed by atoms with van der Waals surface area (Å²) in [6.45, 7) is 4.46. The van der Waals surface area contributed by atoms with Crippen molar-refractivity contribution in [3.8, 4) is 22.6 Å². The number of anilines is 1. The summed E-state index contributed by atoms with van der Waals surface area (Å²) in [5, 5.41) is 3.67. The second kappa shape index (κ2) is 9.74. The van der Waals surface area contributed by atoms with E-state index in [-0.39, 0.29) is 5.54 Å². The number of nitrogens with one attached hydrogen (secondary N) is 1. The van der Waals surface area contributed by atoms with Gasteiger partial charge in [0, 0.05) is 17.0 Å². The lowest BCUT2D eigenvalue weighted by Gasteiger charge is -2.32. The third-order valence-corrected chi connectivity index (χ3v) is 6.72. The number of hydrogen-bond donors (Lipinski definition) is 1. The van der Waals surface area contributed by atoms with Crippen LogP contribution in [0.3, 0.4) is 0 Å². The Kier molecular flexibility index (Phi) is 6.80. The van der Waals surface area contributed by atoms with Crippen molar-refractivity contribution in [2.45, 2.75) is 25.8 Å². The molecule has 3 aromatic carbocycles. The molecule has 0 fully saturated rings. The molecule has 4 rings (SSSR count). The highest BCUT2D eigenvalue weighted by Gasteiger charge is 2.24. The maximum Gasteiger partial charge on any atom is 0.161 e. The Morgan fingerprint density at radius 1 is 0.844 bits per heavy atom. The average molecular weight is 446 g/mol. The van der Waals surface area contributed by atoms with Crippen molar-refractivity contribution < 1.29 is 9.47 Å². The van der Waals surface area contributed by atoms with Gasteiger partial charge in [0.05, 0.1) is 19.8 Å². The molecule has 1 heterocycles. The number of methoxy groups -OCH3 is 2. The van der Waals surface area contributed by atoms with E-state index in [9.17, 15) is 0 Å². The van der Waals surface area contributed by atoms with Crippen LogP contribution in [0.1, 0.15) is 25.0 Å². The maximum absolute atomic E-state index is 5.51. The Balaban J connectivity index is 1.56. The van der Waals surface area contributed by atoms with Crippen molar-refractivity contribution in [2.24, 2.45) is 0 Å². The third kappa shape index (κ3) is 5.13. The topological polar surface area (TPSA) is 30.5 Å². The lowest BCUT2D eigenvalue weighted by molar-refractivity contribution is 0.355. The normalized spacial score (nSPS) is 14.2. The van der Waals surface area contributed by atoms with E-state index < -0.39 is 0 Å². The lowest BCUT2D eigenvalue weighted by atomic mass is 9.89. The Bertz CT molecular complexity index is 1110. The van der Waals surface area contributed by atoms with Gasteiger partial charge in [-0.1, -0.05) is 48.5 Å². The van der Waals surface area contributed by atoms with Crippen LogP contribution in [0.25, 0.3) is 16.7 Å². The van der Waals surface area contributed by atoms with Crippen LogP contribution >= 0.6 is 11.8 Å². The first kappa shape index (κ1) is 22.3. The lowest BCUT2D eigenvalue weighted by Crippen LogP contribution is -2.32. The smallest absolute Gasteiger partial charge is 0.161 e. The summed E-state index contributed by atoms with van der Waals surface area (Å²) in [6.07, 6.45) is 3.47. The predicted octanol–water partition coefficient (Wildman–Crippen LogP) is 6.93. The van der Waals surface area contributed by atoms with Crippen LogP contribution in [-0.2, 0) is 6.42 Å². The zero-order chi connectivity index (χ0) is 22.6. The summed E-state index contributed by atoms with van der Waals surface area (Å²) in [6, 6.07) is 23.5. The van der Waals surface area contributed by atoms with Gasteiger partial charge in [0.2, 0.25) is 0 Å². The molecule has 0 amide bonds. The van der Waals surface area contributed by atoms with E-state index in [1.54, 1.807) is 14.2 Å². The SMILES string of the molecule is COc1ccc(-c2ccc3c(c2)C(CSCCc2ccccc2)=CC(C)(C)N3)cc1OC. The molecule has 0 spiro atoms. The molecular weight excluding hydrogens is 414 g/mol. The Hall–Kier alpha value is -2.85. The van der Waals surface area contributed by atoms with Crippen LogP contribution in [0.15, 0.2) is 72.8 Å². The number of benzene rings is 3. The molecule has 1 aliphatic rings. The number of thioether (sulfide) groups is 1. The van der Waals surface area contributed by atoms with Gasteiger partial charge in [0.25, 0.3) is 0 Å². The summed E-state index contributed by atoms with van der Waals surface area (Å²) in [5.41, 5.74) is 7.49. The number of aryl methyl sites for hydroxylation is 1. The van der Waals surface area contributed by atoms with Crippen LogP contribution in [-0.4, -0.2) is 31.3 Å². The standard InChI is InChI=1S/C28H31NO2S/c1-28(2)18-23(19-32-15-14-20-8-6-5-7-9-20)24-16-21(10-12-25(24)29-28)22-11-13-26(30-3)27(17-22)31-4/h5-13,16-18,29H,14-15,19H2,1-4H3. The van der Waals surface area contributed by atoms with Crippen molar-refractivity contribution in [3.05, 3.63) is 83.9 Å². The van der Waals surface area contributed by atoms with Gasteiger partial charge in [-0.2, -0.15) is 11.8 Å². The monoisotopic (exact) mass is 445 g/mol. The van der Waals surface area contributed by atoms with E-state index in [1.807, 2.05) is 23.9 Å². The molecule has 0 bridgehead atoms. The molecule has 0 aliphatic carbocycles. The molecule has 1 N–H and O–H groups in total. The van der Waals surface area contributed by atoms with Gasteiger partial charge < -0.3 is 14.8 Å². The quantitative estimate of drug-likeness (QED) is 0.381. The highest BCUT2D eigenvalue weighted by molar-refractivity contribution is 7.99. The average Bonchev–Trinajstić information content (AvgIpc) is 2.81. The molecule has 0 saturated heterocycles. The van der Waals surface area contributed by atoms with E-state index in [0.29, 0.717) is 0 Å². The second-order valence-electron chi connectivity index (χ2n) is 8.63. The summed E-state index contributed by atoms with van der Waals surface area (Å²) < 4.78 is 10.9. The van der Waals surface area contributed by atoms with Gasteiger partial charge in [0.1, 0.15) is 0 Å². The summed E-state index contributed by atoms with van der Waals surface area (Å²) in [4.78, 5) is 0. The number of ether oxygens (including phenoxy) is 2. The summed E-state index contributed by atoms with van der Waals surface area (Å²) in [5.74, 6) is 3.60. The van der Waals surface area contributed by atoms with E-state index >= 15 is 0 Å². The van der Waals surface area contributed by atoms with Crippen LogP contribution in [0.5, 0.6) is 11.5 Å². The maximum atomic E-state index is 5.51. The first-order valence-corrected chi connectivity index (χ1v) is 12.1. The molecule has 1 aliphatic heterocycles. The van der Waals surface area contributed by atoms with Crippen molar-refractivity contribution in [1.29, 1.82) is 0 Å². The zero-order valence-electron chi connectivity index (χ0n) is 19.3. The molecule has 0 saturated carbocycles. The Labute approximate surface area is 195 Å². The molecule has 0 radical (unpaired) electrons. The molecule has 166 valence electrons. The van der Waals surface area contributed by atoms with Crippen molar-refractivity contribution in [1.82, 2.24) is 0 Å². The third-order valence-electron chi connectivity index (χ3n) is 5.71. The molecule has 0 aromatic heterocycles. The van der Waals surface area contributed by atoms with Crippen molar-refractivity contribution in [3.63, 3.8) is 0 Å². The number of rotatable bonds is 8. The molecule has 3 nitrogen and oxygen atoms in total. The Morgan fingerprint density at radius 2 is 1.56 bits per heavy atom. The fraction of sp³-hybridized carbons (Fsp3) is 0.286. The summed E-state index contributed by atoms with van der Waals surface area (Å²) in [7, 11) is 3.34. The first-order valence-electron chi connectivity index (χ1n) is 11.0. The zero-order valence-corrected chi connectivity index (χ0v) is 20.1. The fourth-order valence-corrected chi connectivity index (χ4v) is 5.13. The van der Waals surface area contributed by atoms with Crippen LogP contribution in [0.4, 0.5) is 5.69 Å². The number of fused-ring (bicyclic) bond motifs is 1. The van der Waals surface area contributed by atoms with E-state index in [2.05, 4.69) is 79.8 Å². The van der Waals surface area contributed by atoms with E-state index in [4.69, 9.17) is 9.47 Å². The van der Waals surface area contributed by atoms with Crippen LogP contribution < -0.4 is 14.8 Å². The summed E-state index contributed by atoms with van der Waals surface area (Å²) >= 11 is 2.00. The van der Waals surface area contributed by atoms with Gasteiger partial charge in [-0.05, 0) is 72.6 Å². The largest absolute Gasteiger partial charge is 0.493 e. The minimum atomic E-state index is -0.0623. The first-order chi connectivity index (χ1) is 15.5. The second-order valence-corrected chi connectivity index (χ2v) is 9.74. The number of hydrogen-bond acceptors (Lipinski definition) is 4. The van der Waals surface area contributed by atoms with Gasteiger partial charge in [-0.15, -0.1) is 0 Å². The van der Waals surface area contributed by atoms with Gasteiger partial charge in [0.15, 0.2) is 11.5 Å². The fourth-order valence-electron chi connectivity index (χ4n) is 4.15. The minimum absolute atomic E-state index is 0.0623. The molecule has 3 aromatic rings. The minimum Gasteiger partial charge on any atom is -0.493 e. The van der Waals surface area contributed by atoms with Gasteiger partial charge >= 0.3 is 0 Å². The van der Waals surface area contributed by atoms with Crippen LogP contribution in [0, 0.1) is 0 Å². The highest BCUT2D eigenvalue weighted by atomic mass is 32.2. The molecule has 0 unspecified atom stereocenters. The molecule has 32 heavy (non-hydrogen) atoms. The highest BCUT2D eigenvalue weighted by Crippen LogP contribution is 2.39. The van der Waals surface area contributed by atoms with E-state index in [1.165, 1.54) is 28.0 Å². The molecule has 0 atom stereocenters. The van der Waals surface area contributed by atoms with Crippen molar-refractivity contribution >= 4 is 23.0 Å². The van der Waals surface area contributed by atoms with Gasteiger partial charge in [-0.3, -0.25) is 0 Å².